The highest BCUT2D eigenvalue weighted by Crippen LogP contribution is 2.50. The Labute approximate surface area is 225 Å². The largest absolute Gasteiger partial charge is 0.383 e. The number of carbonyl (C=O) groups excluding carboxylic acids is 2. The second kappa shape index (κ2) is 10.1. The lowest BCUT2D eigenvalue weighted by Gasteiger charge is -2.43. The third-order valence-electron chi connectivity index (χ3n) is 8.03. The number of fused-ring (bicyclic) bond motifs is 1. The highest BCUT2D eigenvalue weighted by atomic mass is 79.9. The molecule has 0 amide bonds. The van der Waals surface area contributed by atoms with E-state index in [4.69, 9.17) is 4.74 Å². The van der Waals surface area contributed by atoms with Crippen molar-refractivity contribution in [2.24, 2.45) is 0 Å². The first-order valence-corrected chi connectivity index (χ1v) is 14.0. The molecule has 0 N–H and O–H groups in total. The molecule has 5 nitrogen and oxygen atoms in total. The number of methoxy groups -OCH3 is 1. The van der Waals surface area contributed by atoms with Gasteiger partial charge in [0.25, 0.3) is 0 Å². The minimum absolute atomic E-state index is 0.182. The number of halogens is 1. The first kappa shape index (κ1) is 24.4. The summed E-state index contributed by atoms with van der Waals surface area (Å²) in [7, 11) is 1.70. The summed E-state index contributed by atoms with van der Waals surface area (Å²) in [6, 6.07) is 16.7. The maximum Gasteiger partial charge on any atom is 0.161 e. The van der Waals surface area contributed by atoms with Crippen molar-refractivity contribution in [2.45, 2.75) is 51.0 Å². The SMILES string of the molecule is COCCN1C2=C(C(=O)CCC2)C(c2cn(Cc3ccccc3Br)c3ccccc23)C2=C1CCCC2=O. The summed E-state index contributed by atoms with van der Waals surface area (Å²) in [5.74, 6) is 0.0530. The number of rotatable bonds is 6. The van der Waals surface area contributed by atoms with Crippen LogP contribution in [-0.4, -0.2) is 41.3 Å². The lowest BCUT2D eigenvalue weighted by atomic mass is 9.71. The van der Waals surface area contributed by atoms with Gasteiger partial charge in [0.1, 0.15) is 0 Å². The summed E-state index contributed by atoms with van der Waals surface area (Å²) in [6.07, 6.45) is 6.71. The number of aromatic nitrogens is 1. The summed E-state index contributed by atoms with van der Waals surface area (Å²) >= 11 is 3.70. The van der Waals surface area contributed by atoms with Crippen molar-refractivity contribution in [2.75, 3.05) is 20.3 Å². The van der Waals surface area contributed by atoms with Gasteiger partial charge in [-0.05, 0) is 48.9 Å². The standard InChI is InChI=1S/C31H31BrN2O3/c1-37-17-16-34-25-12-6-14-27(35)30(25)29(31-26(34)13-7-15-28(31)36)22-19-33(24-11-5-3-9-21(22)24)18-20-8-2-4-10-23(20)32/h2-5,8-11,19,29H,6-7,12-18H2,1H3. The molecule has 0 radical (unpaired) electrons. The van der Waals surface area contributed by atoms with Crippen LogP contribution in [0.5, 0.6) is 0 Å². The van der Waals surface area contributed by atoms with E-state index in [1.807, 2.05) is 6.07 Å². The minimum atomic E-state index is -0.310. The summed E-state index contributed by atoms with van der Waals surface area (Å²) < 4.78 is 8.77. The molecule has 3 aromatic rings. The smallest absolute Gasteiger partial charge is 0.161 e. The Morgan fingerprint density at radius 3 is 2.22 bits per heavy atom. The molecule has 0 spiro atoms. The van der Waals surface area contributed by atoms with Crippen LogP contribution in [0.1, 0.15) is 55.6 Å². The van der Waals surface area contributed by atoms with Gasteiger partial charge in [0.2, 0.25) is 0 Å². The van der Waals surface area contributed by atoms with E-state index in [9.17, 15) is 9.59 Å². The summed E-state index contributed by atoms with van der Waals surface area (Å²) in [6.45, 7) is 1.94. The van der Waals surface area contributed by atoms with E-state index in [1.54, 1.807) is 7.11 Å². The topological polar surface area (TPSA) is 51.5 Å². The van der Waals surface area contributed by atoms with Crippen molar-refractivity contribution >= 4 is 38.4 Å². The van der Waals surface area contributed by atoms with E-state index in [1.165, 1.54) is 5.56 Å². The van der Waals surface area contributed by atoms with Crippen LogP contribution in [0.4, 0.5) is 0 Å². The molecule has 0 atom stereocenters. The lowest BCUT2D eigenvalue weighted by Crippen LogP contribution is -2.40. The number of nitrogens with zero attached hydrogens (tertiary/aromatic N) is 2. The van der Waals surface area contributed by atoms with Crippen molar-refractivity contribution in [3.05, 3.63) is 92.9 Å². The van der Waals surface area contributed by atoms with E-state index >= 15 is 0 Å². The molecular formula is C31H31BrN2O3. The third kappa shape index (κ3) is 4.20. The van der Waals surface area contributed by atoms with Crippen LogP contribution in [0.3, 0.4) is 0 Å². The third-order valence-corrected chi connectivity index (χ3v) is 8.81. The van der Waals surface area contributed by atoms with Crippen molar-refractivity contribution < 1.29 is 14.3 Å². The molecule has 0 unspecified atom stereocenters. The first-order valence-electron chi connectivity index (χ1n) is 13.2. The summed E-state index contributed by atoms with van der Waals surface area (Å²) in [5.41, 5.74) is 7.25. The van der Waals surface area contributed by atoms with Crippen molar-refractivity contribution in [1.29, 1.82) is 0 Å². The average molecular weight is 560 g/mol. The summed E-state index contributed by atoms with van der Waals surface area (Å²) in [4.78, 5) is 29.5. The Kier molecular flexibility index (Phi) is 6.63. The number of carbonyl (C=O) groups is 2. The van der Waals surface area contributed by atoms with Gasteiger partial charge in [0, 0.05) is 83.1 Å². The van der Waals surface area contributed by atoms with Gasteiger partial charge in [0.05, 0.1) is 6.61 Å². The molecule has 0 fully saturated rings. The Morgan fingerprint density at radius 1 is 0.892 bits per heavy atom. The van der Waals surface area contributed by atoms with E-state index in [2.05, 4.69) is 74.1 Å². The van der Waals surface area contributed by atoms with Crippen molar-refractivity contribution in [3.63, 3.8) is 0 Å². The Bertz CT molecular complexity index is 1420. The predicted molar refractivity (Wildman–Crippen MR) is 148 cm³/mol. The number of benzene rings is 2. The van der Waals surface area contributed by atoms with E-state index < -0.39 is 0 Å². The fourth-order valence-corrected chi connectivity index (χ4v) is 6.84. The van der Waals surface area contributed by atoms with Crippen molar-refractivity contribution in [3.8, 4) is 0 Å². The molecule has 2 aromatic carbocycles. The van der Waals surface area contributed by atoms with E-state index in [0.717, 1.165) is 69.2 Å². The Balaban J connectivity index is 1.57. The van der Waals surface area contributed by atoms with Crippen molar-refractivity contribution in [1.82, 2.24) is 9.47 Å². The van der Waals surface area contributed by atoms with Crippen LogP contribution in [0.15, 0.2) is 81.7 Å². The quantitative estimate of drug-likeness (QED) is 0.346. The number of ketones is 2. The van der Waals surface area contributed by atoms with Gasteiger partial charge in [-0.2, -0.15) is 0 Å². The van der Waals surface area contributed by atoms with Gasteiger partial charge in [-0.15, -0.1) is 0 Å². The Hall–Kier alpha value is -2.96. The monoisotopic (exact) mass is 558 g/mol. The van der Waals surface area contributed by atoms with Crippen LogP contribution in [-0.2, 0) is 20.9 Å². The molecule has 3 aliphatic rings. The first-order chi connectivity index (χ1) is 18.1. The molecule has 190 valence electrons. The fourth-order valence-electron chi connectivity index (χ4n) is 6.43. The zero-order chi connectivity index (χ0) is 25.5. The minimum Gasteiger partial charge on any atom is -0.383 e. The van der Waals surface area contributed by atoms with Gasteiger partial charge in [0.15, 0.2) is 11.6 Å². The molecular weight excluding hydrogens is 528 g/mol. The zero-order valence-corrected chi connectivity index (χ0v) is 22.7. The van der Waals surface area contributed by atoms with Gasteiger partial charge in [-0.25, -0.2) is 0 Å². The number of Topliss-reactive ketones (excluding diaryl/α,β-unsaturated/α-hetero) is 2. The molecule has 6 heteroatoms. The molecule has 6 rings (SSSR count). The molecule has 0 saturated heterocycles. The molecule has 0 saturated carbocycles. The number of hydrogen-bond acceptors (Lipinski definition) is 4. The molecule has 1 aliphatic heterocycles. The number of allylic oxidation sites excluding steroid dienone is 4. The fraction of sp³-hybridized carbons (Fsp3) is 0.355. The molecule has 2 aliphatic carbocycles. The highest BCUT2D eigenvalue weighted by molar-refractivity contribution is 9.10. The van der Waals surface area contributed by atoms with Crippen LogP contribution in [0, 0.1) is 0 Å². The zero-order valence-electron chi connectivity index (χ0n) is 21.1. The number of hydrogen-bond donors (Lipinski definition) is 0. The lowest BCUT2D eigenvalue weighted by molar-refractivity contribution is -0.117. The van der Waals surface area contributed by atoms with Gasteiger partial charge in [-0.3, -0.25) is 9.59 Å². The molecule has 2 heterocycles. The maximum atomic E-state index is 13.6. The highest BCUT2D eigenvalue weighted by Gasteiger charge is 2.44. The number of para-hydroxylation sites is 1. The van der Waals surface area contributed by atoms with Crippen LogP contribution < -0.4 is 0 Å². The van der Waals surface area contributed by atoms with Crippen LogP contribution >= 0.6 is 15.9 Å². The van der Waals surface area contributed by atoms with Crippen LogP contribution in [0.2, 0.25) is 0 Å². The molecule has 0 bridgehead atoms. The molecule has 1 aromatic heterocycles. The second-order valence-electron chi connectivity index (χ2n) is 10.2. The average Bonchev–Trinajstić information content (AvgIpc) is 3.26. The van der Waals surface area contributed by atoms with Gasteiger partial charge >= 0.3 is 0 Å². The normalized spacial score (nSPS) is 18.6. The van der Waals surface area contributed by atoms with E-state index in [0.29, 0.717) is 32.5 Å². The van der Waals surface area contributed by atoms with Gasteiger partial charge < -0.3 is 14.2 Å². The predicted octanol–water partition coefficient (Wildman–Crippen LogP) is 6.51. The van der Waals surface area contributed by atoms with E-state index in [-0.39, 0.29) is 17.5 Å². The maximum absolute atomic E-state index is 13.6. The van der Waals surface area contributed by atoms with Gasteiger partial charge in [-0.1, -0.05) is 52.3 Å². The molecule has 37 heavy (non-hydrogen) atoms. The summed E-state index contributed by atoms with van der Waals surface area (Å²) in [5, 5.41) is 1.11. The van der Waals surface area contributed by atoms with Crippen LogP contribution in [0.25, 0.3) is 10.9 Å². The number of ether oxygens (including phenoxy) is 1. The Morgan fingerprint density at radius 2 is 1.54 bits per heavy atom. The second-order valence-corrected chi connectivity index (χ2v) is 11.0.